The van der Waals surface area contributed by atoms with Crippen LogP contribution < -0.4 is 24.8 Å². The van der Waals surface area contributed by atoms with E-state index < -0.39 is 5.82 Å². The number of benzene rings is 2. The monoisotopic (exact) mass is 550 g/mol. The molecule has 1 aliphatic heterocycles. The average Bonchev–Trinajstić information content (AvgIpc) is 3.26. The lowest BCUT2D eigenvalue weighted by Crippen LogP contribution is -2.37. The van der Waals surface area contributed by atoms with Crippen LogP contribution in [0.4, 0.5) is 4.39 Å². The van der Waals surface area contributed by atoms with Crippen molar-refractivity contribution in [3.63, 3.8) is 0 Å². The molecule has 2 heterocycles. The molecule has 3 aromatic rings. The molecule has 7 nitrogen and oxygen atoms in total. The van der Waals surface area contributed by atoms with E-state index in [9.17, 15) is 4.39 Å². The molecule has 0 bridgehead atoms. The Hall–Kier alpha value is -3.08. The summed E-state index contributed by atoms with van der Waals surface area (Å²) in [7, 11) is 1.70. The van der Waals surface area contributed by atoms with Gasteiger partial charge in [-0.3, -0.25) is 9.98 Å². The van der Waals surface area contributed by atoms with Crippen molar-refractivity contribution in [1.29, 1.82) is 0 Å². The molecule has 0 spiro atoms. The minimum atomic E-state index is -0.436. The van der Waals surface area contributed by atoms with Crippen LogP contribution in [0.5, 0.6) is 23.0 Å². The molecule has 4 rings (SSSR count). The molecule has 1 aromatic heterocycles. The van der Waals surface area contributed by atoms with Crippen molar-refractivity contribution in [3.05, 3.63) is 77.9 Å². The van der Waals surface area contributed by atoms with Crippen molar-refractivity contribution in [1.82, 2.24) is 15.6 Å². The van der Waals surface area contributed by atoms with Gasteiger partial charge in [0.2, 0.25) is 6.79 Å². The maximum absolute atomic E-state index is 14.4. The van der Waals surface area contributed by atoms with Crippen LogP contribution in [-0.2, 0) is 13.0 Å². The molecule has 0 unspecified atom stereocenters. The Labute approximate surface area is 203 Å². The minimum absolute atomic E-state index is 0. The van der Waals surface area contributed by atoms with Gasteiger partial charge in [-0.15, -0.1) is 24.0 Å². The third-order valence-electron chi connectivity index (χ3n) is 4.69. The summed E-state index contributed by atoms with van der Waals surface area (Å²) < 4.78 is 30.6. The van der Waals surface area contributed by atoms with Gasteiger partial charge in [0.1, 0.15) is 5.75 Å². The van der Waals surface area contributed by atoms with Gasteiger partial charge in [-0.2, -0.15) is 0 Å². The number of hydrogen-bond acceptors (Lipinski definition) is 5. The van der Waals surface area contributed by atoms with E-state index >= 15 is 0 Å². The van der Waals surface area contributed by atoms with Crippen molar-refractivity contribution in [2.45, 2.75) is 13.0 Å². The highest BCUT2D eigenvalue weighted by Crippen LogP contribution is 2.32. The van der Waals surface area contributed by atoms with Gasteiger partial charge in [0.25, 0.3) is 0 Å². The average molecular weight is 550 g/mol. The summed E-state index contributed by atoms with van der Waals surface area (Å²) in [6.07, 6.45) is 3.97. The number of hydrogen-bond donors (Lipinski definition) is 2. The molecule has 168 valence electrons. The summed E-state index contributed by atoms with van der Waals surface area (Å²) >= 11 is 0. The van der Waals surface area contributed by atoms with Crippen molar-refractivity contribution < 1.29 is 18.6 Å². The first-order valence-corrected chi connectivity index (χ1v) is 9.90. The molecule has 0 atom stereocenters. The normalized spacial score (nSPS) is 12.1. The standard InChI is InChI=1S/C23H23FN4O3.HI/c1-25-23(27-10-8-16-4-7-21-22(12-16)30-15-29-21)28-13-17-5-6-20(19(24)11-17)31-18-3-2-9-26-14-18;/h2-7,9,11-12,14H,8,10,13,15H2,1H3,(H2,25,27,28);1H. The zero-order valence-corrected chi connectivity index (χ0v) is 19.8. The fourth-order valence-electron chi connectivity index (χ4n) is 3.10. The molecule has 0 radical (unpaired) electrons. The third-order valence-corrected chi connectivity index (χ3v) is 4.69. The second kappa shape index (κ2) is 11.5. The summed E-state index contributed by atoms with van der Waals surface area (Å²) in [6.45, 7) is 1.38. The second-order valence-electron chi connectivity index (χ2n) is 6.85. The Bertz CT molecular complexity index is 1070. The smallest absolute Gasteiger partial charge is 0.231 e. The SMILES string of the molecule is CN=C(NCCc1ccc2c(c1)OCO2)NCc1ccc(Oc2cccnc2)c(F)c1.I. The molecular formula is C23H24FIN4O3. The van der Waals surface area contributed by atoms with Crippen molar-refractivity contribution in [2.75, 3.05) is 20.4 Å². The highest BCUT2D eigenvalue weighted by molar-refractivity contribution is 14.0. The van der Waals surface area contributed by atoms with E-state index in [-0.39, 0.29) is 36.5 Å². The van der Waals surface area contributed by atoms with Crippen LogP contribution in [0, 0.1) is 5.82 Å². The van der Waals surface area contributed by atoms with Crippen LogP contribution in [0.15, 0.2) is 65.9 Å². The fourth-order valence-corrected chi connectivity index (χ4v) is 3.10. The van der Waals surface area contributed by atoms with Gasteiger partial charge in [-0.25, -0.2) is 4.39 Å². The fraction of sp³-hybridized carbons (Fsp3) is 0.217. The van der Waals surface area contributed by atoms with Gasteiger partial charge < -0.3 is 24.8 Å². The zero-order chi connectivity index (χ0) is 21.5. The summed E-state index contributed by atoms with van der Waals surface area (Å²) in [5.74, 6) is 2.39. The van der Waals surface area contributed by atoms with Gasteiger partial charge >= 0.3 is 0 Å². The maximum Gasteiger partial charge on any atom is 0.231 e. The molecule has 2 aromatic carbocycles. The number of rotatable bonds is 7. The molecule has 0 aliphatic carbocycles. The topological polar surface area (TPSA) is 77.0 Å². The lowest BCUT2D eigenvalue weighted by Gasteiger charge is -2.13. The molecule has 9 heteroatoms. The maximum atomic E-state index is 14.4. The molecule has 0 saturated carbocycles. The summed E-state index contributed by atoms with van der Waals surface area (Å²) in [5.41, 5.74) is 1.91. The molecule has 1 aliphatic rings. The van der Waals surface area contributed by atoms with E-state index in [0.717, 1.165) is 29.0 Å². The number of aromatic nitrogens is 1. The molecule has 2 N–H and O–H groups in total. The van der Waals surface area contributed by atoms with Crippen LogP contribution in [0.2, 0.25) is 0 Å². The van der Waals surface area contributed by atoms with Crippen LogP contribution in [0.3, 0.4) is 0 Å². The van der Waals surface area contributed by atoms with Gasteiger partial charge in [0.05, 0.1) is 6.20 Å². The van der Waals surface area contributed by atoms with Crippen molar-refractivity contribution >= 4 is 29.9 Å². The lowest BCUT2D eigenvalue weighted by molar-refractivity contribution is 0.174. The minimum Gasteiger partial charge on any atom is -0.454 e. The van der Waals surface area contributed by atoms with E-state index in [1.165, 1.54) is 12.3 Å². The Balaban J connectivity index is 0.00000289. The molecule has 0 fully saturated rings. The van der Waals surface area contributed by atoms with Crippen LogP contribution in [0.25, 0.3) is 0 Å². The van der Waals surface area contributed by atoms with Gasteiger partial charge in [0, 0.05) is 26.3 Å². The molecule has 0 amide bonds. The zero-order valence-electron chi connectivity index (χ0n) is 17.5. The van der Waals surface area contributed by atoms with Gasteiger partial charge in [0.15, 0.2) is 29.0 Å². The van der Waals surface area contributed by atoms with E-state index in [1.54, 1.807) is 31.4 Å². The summed E-state index contributed by atoms with van der Waals surface area (Å²) in [6, 6.07) is 14.2. The quantitative estimate of drug-likeness (QED) is 0.260. The number of nitrogens with zero attached hydrogens (tertiary/aromatic N) is 2. The number of nitrogens with one attached hydrogen (secondary N) is 2. The highest BCUT2D eigenvalue weighted by Gasteiger charge is 2.13. The number of pyridine rings is 1. The first-order chi connectivity index (χ1) is 15.2. The van der Waals surface area contributed by atoms with Crippen molar-refractivity contribution in [3.8, 4) is 23.0 Å². The summed E-state index contributed by atoms with van der Waals surface area (Å²) in [4.78, 5) is 8.17. The van der Waals surface area contributed by atoms with Gasteiger partial charge in [-0.1, -0.05) is 12.1 Å². The number of halogens is 2. The molecular weight excluding hydrogens is 526 g/mol. The van der Waals surface area contributed by atoms with Gasteiger partial charge in [-0.05, 0) is 53.9 Å². The van der Waals surface area contributed by atoms with E-state index in [1.807, 2.05) is 24.3 Å². The predicted molar refractivity (Wildman–Crippen MR) is 131 cm³/mol. The Morgan fingerprint density at radius 2 is 1.94 bits per heavy atom. The Kier molecular flexibility index (Phi) is 8.48. The Morgan fingerprint density at radius 1 is 1.09 bits per heavy atom. The summed E-state index contributed by atoms with van der Waals surface area (Å²) in [5, 5.41) is 6.44. The van der Waals surface area contributed by atoms with E-state index in [0.29, 0.717) is 24.8 Å². The number of ether oxygens (including phenoxy) is 3. The number of guanidine groups is 1. The van der Waals surface area contributed by atoms with Crippen molar-refractivity contribution in [2.24, 2.45) is 4.99 Å². The van der Waals surface area contributed by atoms with E-state index in [2.05, 4.69) is 20.6 Å². The second-order valence-corrected chi connectivity index (χ2v) is 6.85. The number of fused-ring (bicyclic) bond motifs is 1. The lowest BCUT2D eigenvalue weighted by atomic mass is 10.1. The number of aliphatic imine (C=N–C) groups is 1. The van der Waals surface area contributed by atoms with Crippen LogP contribution in [0.1, 0.15) is 11.1 Å². The predicted octanol–water partition coefficient (Wildman–Crippen LogP) is 4.27. The van der Waals surface area contributed by atoms with Crippen LogP contribution >= 0.6 is 24.0 Å². The molecule has 32 heavy (non-hydrogen) atoms. The largest absolute Gasteiger partial charge is 0.454 e. The first kappa shape index (κ1) is 23.6. The Morgan fingerprint density at radius 3 is 2.72 bits per heavy atom. The molecule has 0 saturated heterocycles. The first-order valence-electron chi connectivity index (χ1n) is 9.90. The van der Waals surface area contributed by atoms with Crippen LogP contribution in [-0.4, -0.2) is 31.3 Å². The van der Waals surface area contributed by atoms with E-state index in [4.69, 9.17) is 14.2 Å². The third kappa shape index (κ3) is 6.22. The highest BCUT2D eigenvalue weighted by atomic mass is 127.